The Balaban J connectivity index is 1.58. The van der Waals surface area contributed by atoms with Crippen molar-refractivity contribution in [2.45, 2.75) is 26.3 Å². The van der Waals surface area contributed by atoms with Crippen LogP contribution in [0.25, 0.3) is 11.3 Å². The molecule has 0 aliphatic carbocycles. The maximum absolute atomic E-state index is 13.3. The van der Waals surface area contributed by atoms with E-state index < -0.39 is 0 Å². The van der Waals surface area contributed by atoms with Crippen LogP contribution in [0.3, 0.4) is 0 Å². The number of pyridine rings is 3. The average molecular weight is 465 g/mol. The quantitative estimate of drug-likeness (QED) is 0.601. The molecule has 0 aromatic carbocycles. The summed E-state index contributed by atoms with van der Waals surface area (Å²) in [6, 6.07) is 9.57. The number of anilines is 3. The molecule has 1 fully saturated rings. The summed E-state index contributed by atoms with van der Waals surface area (Å²) in [5.41, 5.74) is 4.93. The van der Waals surface area contributed by atoms with Crippen LogP contribution < -0.4 is 15.1 Å². The van der Waals surface area contributed by atoms with Gasteiger partial charge in [0, 0.05) is 41.2 Å². The van der Waals surface area contributed by atoms with Crippen molar-refractivity contribution in [2.75, 3.05) is 28.2 Å². The second kappa shape index (κ2) is 7.36. The molecule has 2 aliphatic rings. The van der Waals surface area contributed by atoms with E-state index >= 15 is 0 Å². The number of nitrogens with zero attached hydrogens (tertiary/aromatic N) is 5. The number of rotatable bonds is 2. The number of aryl methyl sites for hydroxylation is 2. The Bertz CT molecular complexity index is 1150. The fraction of sp³-hybridized carbons (Fsp3) is 0.273. The van der Waals surface area contributed by atoms with Crippen LogP contribution >= 0.6 is 15.9 Å². The average Bonchev–Trinajstić information content (AvgIpc) is 3.11. The van der Waals surface area contributed by atoms with Gasteiger partial charge in [0.25, 0.3) is 0 Å². The number of hydrogen-bond donors (Lipinski definition) is 1. The highest BCUT2D eigenvalue weighted by molar-refractivity contribution is 9.10. The van der Waals surface area contributed by atoms with Crippen molar-refractivity contribution >= 4 is 39.3 Å². The van der Waals surface area contributed by atoms with Gasteiger partial charge in [0.2, 0.25) is 0 Å². The van der Waals surface area contributed by atoms with E-state index in [0.717, 1.165) is 52.2 Å². The minimum Gasteiger partial charge on any atom is -0.366 e. The van der Waals surface area contributed by atoms with Crippen molar-refractivity contribution < 1.29 is 4.79 Å². The molecule has 2 aliphatic heterocycles. The Labute approximate surface area is 183 Å². The van der Waals surface area contributed by atoms with Crippen molar-refractivity contribution in [1.82, 2.24) is 15.0 Å². The van der Waals surface area contributed by atoms with Crippen LogP contribution in [0.15, 0.2) is 47.2 Å². The smallest absolute Gasteiger partial charge is 0.329 e. The molecule has 7 nitrogen and oxygen atoms in total. The molecule has 5 heterocycles. The van der Waals surface area contributed by atoms with Crippen LogP contribution in [0.2, 0.25) is 0 Å². The number of carbonyl (C=O) groups is 1. The monoisotopic (exact) mass is 464 g/mol. The third kappa shape index (κ3) is 3.31. The lowest BCUT2D eigenvalue weighted by molar-refractivity contribution is 0.254. The van der Waals surface area contributed by atoms with Crippen LogP contribution in [0, 0.1) is 13.8 Å². The first kappa shape index (κ1) is 19.0. The number of nitrogens with one attached hydrogen (secondary N) is 1. The van der Waals surface area contributed by atoms with Crippen molar-refractivity contribution in [3.63, 3.8) is 0 Å². The van der Waals surface area contributed by atoms with Crippen molar-refractivity contribution in [3.8, 4) is 11.3 Å². The Hall–Kier alpha value is -3.00. The zero-order chi connectivity index (χ0) is 20.8. The zero-order valence-electron chi connectivity index (χ0n) is 16.8. The minimum absolute atomic E-state index is 0.0889. The second-order valence-corrected chi connectivity index (χ2v) is 8.65. The fourth-order valence-corrected chi connectivity index (χ4v) is 4.63. The molecule has 2 amide bonds. The molecule has 5 rings (SSSR count). The fourth-order valence-electron chi connectivity index (χ4n) is 4.29. The molecule has 0 radical (unpaired) electrons. The summed E-state index contributed by atoms with van der Waals surface area (Å²) in [7, 11) is 0. The Morgan fingerprint density at radius 2 is 2.00 bits per heavy atom. The van der Waals surface area contributed by atoms with E-state index in [4.69, 9.17) is 4.98 Å². The predicted molar refractivity (Wildman–Crippen MR) is 121 cm³/mol. The maximum Gasteiger partial charge on any atom is 0.329 e. The molecule has 1 N–H and O–H groups in total. The predicted octanol–water partition coefficient (Wildman–Crippen LogP) is 4.55. The minimum atomic E-state index is -0.205. The van der Waals surface area contributed by atoms with E-state index in [-0.39, 0.29) is 12.1 Å². The first-order chi connectivity index (χ1) is 14.5. The first-order valence-corrected chi connectivity index (χ1v) is 10.7. The number of carbonyl (C=O) groups excluding carboxylic acids is 1. The molecule has 0 unspecified atom stereocenters. The van der Waals surface area contributed by atoms with Gasteiger partial charge < -0.3 is 4.90 Å². The highest BCUT2D eigenvalue weighted by Crippen LogP contribution is 2.42. The Morgan fingerprint density at radius 1 is 1.17 bits per heavy atom. The van der Waals surface area contributed by atoms with E-state index in [0.29, 0.717) is 11.6 Å². The lowest BCUT2D eigenvalue weighted by Gasteiger charge is -2.36. The maximum atomic E-state index is 13.3. The van der Waals surface area contributed by atoms with E-state index in [2.05, 4.69) is 49.1 Å². The van der Waals surface area contributed by atoms with Gasteiger partial charge in [-0.1, -0.05) is 15.9 Å². The van der Waals surface area contributed by atoms with E-state index in [1.807, 2.05) is 30.0 Å². The van der Waals surface area contributed by atoms with Crippen LogP contribution in [-0.4, -0.2) is 40.1 Å². The van der Waals surface area contributed by atoms with E-state index in [1.54, 1.807) is 18.5 Å². The van der Waals surface area contributed by atoms with E-state index in [1.165, 1.54) is 0 Å². The second-order valence-electron chi connectivity index (χ2n) is 7.73. The number of hydrogen-bond acceptors (Lipinski definition) is 5. The standard InChI is InChI=1S/C22H21BrN6O/c1-13-9-18(15-3-6-24-14(2)10-15)26-21-20(13)28-8-5-17(12-28)29(21)22(30)27-19-11-16(23)4-7-25-19/h3-4,6-7,9-11,17H,5,8,12H2,1-2H3,(H,25,27,30)/t17-/m0/s1. The van der Waals surface area contributed by atoms with Crippen molar-refractivity contribution in [3.05, 3.63) is 58.5 Å². The normalized spacial score (nSPS) is 17.1. The molecule has 1 atom stereocenters. The highest BCUT2D eigenvalue weighted by Gasteiger charge is 2.41. The van der Waals surface area contributed by atoms with E-state index in [9.17, 15) is 4.79 Å². The molecule has 0 spiro atoms. The van der Waals surface area contributed by atoms with Crippen LogP contribution in [0.4, 0.5) is 22.1 Å². The molecule has 2 bridgehead atoms. The first-order valence-electron chi connectivity index (χ1n) is 9.91. The van der Waals surface area contributed by atoms with Gasteiger partial charge in [-0.05, 0) is 56.2 Å². The van der Waals surface area contributed by atoms with Crippen LogP contribution in [0.5, 0.6) is 0 Å². The van der Waals surface area contributed by atoms with Gasteiger partial charge in [-0.2, -0.15) is 0 Å². The zero-order valence-corrected chi connectivity index (χ0v) is 18.3. The molecular weight excluding hydrogens is 444 g/mol. The number of fused-ring (bicyclic) bond motifs is 4. The third-order valence-electron chi connectivity index (χ3n) is 5.61. The lowest BCUT2D eigenvalue weighted by atomic mass is 10.1. The summed E-state index contributed by atoms with van der Waals surface area (Å²) >= 11 is 3.43. The number of urea groups is 1. The topological polar surface area (TPSA) is 74.2 Å². The third-order valence-corrected chi connectivity index (χ3v) is 6.10. The summed E-state index contributed by atoms with van der Waals surface area (Å²) < 4.78 is 0.864. The molecule has 3 aromatic rings. The van der Waals surface area contributed by atoms with Gasteiger partial charge in [-0.15, -0.1) is 0 Å². The molecule has 0 saturated carbocycles. The molecule has 3 aromatic heterocycles. The lowest BCUT2D eigenvalue weighted by Crippen LogP contribution is -2.48. The summed E-state index contributed by atoms with van der Waals surface area (Å²) in [6.45, 7) is 5.80. The number of amides is 2. The molecule has 152 valence electrons. The SMILES string of the molecule is Cc1cc(-c2cc(C)c3c(n2)N(C(=O)Nc2cc(Br)ccn2)[C@H]2CCN3C2)ccn1. The Kier molecular flexibility index (Phi) is 4.66. The molecular formula is C22H21BrN6O. The number of aromatic nitrogens is 3. The van der Waals surface area contributed by atoms with Gasteiger partial charge in [-0.3, -0.25) is 15.2 Å². The number of halogens is 1. The highest BCUT2D eigenvalue weighted by atomic mass is 79.9. The van der Waals surface area contributed by atoms with Crippen LogP contribution in [-0.2, 0) is 0 Å². The largest absolute Gasteiger partial charge is 0.366 e. The van der Waals surface area contributed by atoms with Crippen molar-refractivity contribution in [1.29, 1.82) is 0 Å². The van der Waals surface area contributed by atoms with Crippen molar-refractivity contribution in [2.24, 2.45) is 0 Å². The van der Waals surface area contributed by atoms with Gasteiger partial charge >= 0.3 is 6.03 Å². The summed E-state index contributed by atoms with van der Waals surface area (Å²) in [5, 5.41) is 2.94. The van der Waals surface area contributed by atoms with Gasteiger partial charge in [0.1, 0.15) is 5.82 Å². The van der Waals surface area contributed by atoms with Crippen LogP contribution in [0.1, 0.15) is 17.7 Å². The van der Waals surface area contributed by atoms with Gasteiger partial charge in [0.05, 0.1) is 17.4 Å². The summed E-state index contributed by atoms with van der Waals surface area (Å²) in [6.07, 6.45) is 4.37. The Morgan fingerprint density at radius 3 is 2.80 bits per heavy atom. The molecule has 1 saturated heterocycles. The molecule has 30 heavy (non-hydrogen) atoms. The van der Waals surface area contributed by atoms with Gasteiger partial charge in [-0.25, -0.2) is 14.8 Å². The molecule has 8 heteroatoms. The summed E-state index contributed by atoms with van der Waals surface area (Å²) in [5.74, 6) is 1.22. The summed E-state index contributed by atoms with van der Waals surface area (Å²) in [4.78, 5) is 31.0. The van der Waals surface area contributed by atoms with Gasteiger partial charge in [0.15, 0.2) is 5.82 Å².